The van der Waals surface area contributed by atoms with Gasteiger partial charge in [-0.15, -0.1) is 0 Å². The van der Waals surface area contributed by atoms with Gasteiger partial charge >= 0.3 is 0 Å². The predicted molar refractivity (Wildman–Crippen MR) is 57.4 cm³/mol. The molecule has 2 rings (SSSR count). The summed E-state index contributed by atoms with van der Waals surface area (Å²) in [5.41, 5.74) is 0.766. The van der Waals surface area contributed by atoms with Crippen molar-refractivity contribution in [2.45, 2.75) is 18.9 Å². The van der Waals surface area contributed by atoms with E-state index in [9.17, 15) is 10.2 Å². The van der Waals surface area contributed by atoms with Gasteiger partial charge in [-0.2, -0.15) is 0 Å². The number of nitrogens with one attached hydrogen (secondary N) is 1. The lowest BCUT2D eigenvalue weighted by atomic mass is 10.0. The zero-order valence-electron chi connectivity index (χ0n) is 7.63. The van der Waals surface area contributed by atoms with E-state index in [0.717, 1.165) is 29.4 Å². The summed E-state index contributed by atoms with van der Waals surface area (Å²) in [6.07, 6.45) is 2.10. The van der Waals surface area contributed by atoms with E-state index in [0.29, 0.717) is 0 Å². The molecule has 1 atom stereocenters. The molecule has 1 aliphatic rings. The minimum Gasteiger partial charge on any atom is -0.504 e. The SMILES string of the molecule is Oc1ccc(Br)c(C2CCCN2)c1O. The van der Waals surface area contributed by atoms with Gasteiger partial charge in [0.05, 0.1) is 0 Å². The maximum absolute atomic E-state index is 9.72. The fourth-order valence-corrected chi connectivity index (χ4v) is 2.43. The average molecular weight is 258 g/mol. The second-order valence-electron chi connectivity index (χ2n) is 3.48. The Hall–Kier alpha value is -0.740. The van der Waals surface area contributed by atoms with Gasteiger partial charge < -0.3 is 15.5 Å². The minimum atomic E-state index is -0.0584. The molecule has 3 N–H and O–H groups in total. The lowest BCUT2D eigenvalue weighted by molar-refractivity contribution is 0.393. The molecule has 1 unspecified atom stereocenters. The largest absolute Gasteiger partial charge is 0.504 e. The molecular formula is C10H12BrNO2. The molecular weight excluding hydrogens is 246 g/mol. The van der Waals surface area contributed by atoms with Gasteiger partial charge in [-0.05, 0) is 31.5 Å². The van der Waals surface area contributed by atoms with E-state index in [1.807, 2.05) is 0 Å². The lowest BCUT2D eigenvalue weighted by Crippen LogP contribution is -2.13. The Bertz CT molecular complexity index is 348. The van der Waals surface area contributed by atoms with E-state index in [1.165, 1.54) is 6.07 Å². The first-order chi connectivity index (χ1) is 6.70. The third-order valence-electron chi connectivity index (χ3n) is 2.55. The van der Waals surface area contributed by atoms with Crippen LogP contribution in [0.3, 0.4) is 0 Å². The number of halogens is 1. The van der Waals surface area contributed by atoms with Crippen LogP contribution < -0.4 is 5.32 Å². The predicted octanol–water partition coefficient (Wildman–Crippen LogP) is 2.28. The molecule has 14 heavy (non-hydrogen) atoms. The first-order valence-corrected chi connectivity index (χ1v) is 5.43. The van der Waals surface area contributed by atoms with Crippen LogP contribution in [0.25, 0.3) is 0 Å². The van der Waals surface area contributed by atoms with Crippen LogP contribution in [0.1, 0.15) is 24.4 Å². The summed E-state index contributed by atoms with van der Waals surface area (Å²) < 4.78 is 0.840. The molecule has 0 spiro atoms. The first kappa shape index (κ1) is 9.80. The fraction of sp³-hybridized carbons (Fsp3) is 0.400. The number of phenols is 2. The third-order valence-corrected chi connectivity index (χ3v) is 3.24. The molecule has 1 saturated heterocycles. The molecule has 3 nitrogen and oxygen atoms in total. The Morgan fingerprint density at radius 1 is 1.36 bits per heavy atom. The molecule has 1 heterocycles. The summed E-state index contributed by atoms with van der Waals surface area (Å²) in [5, 5.41) is 22.4. The summed E-state index contributed by atoms with van der Waals surface area (Å²) in [6.45, 7) is 0.964. The minimum absolute atomic E-state index is 0.0150. The third kappa shape index (κ3) is 1.60. The van der Waals surface area contributed by atoms with Crippen molar-refractivity contribution < 1.29 is 10.2 Å². The monoisotopic (exact) mass is 257 g/mol. The van der Waals surface area contributed by atoms with Crippen molar-refractivity contribution in [2.75, 3.05) is 6.54 Å². The Kier molecular flexibility index (Phi) is 2.65. The molecule has 1 fully saturated rings. The van der Waals surface area contributed by atoms with Crippen molar-refractivity contribution in [3.8, 4) is 11.5 Å². The summed E-state index contributed by atoms with van der Waals surface area (Å²) in [7, 11) is 0. The van der Waals surface area contributed by atoms with Gasteiger partial charge in [0.1, 0.15) is 0 Å². The highest BCUT2D eigenvalue weighted by Gasteiger charge is 2.23. The topological polar surface area (TPSA) is 52.5 Å². The van der Waals surface area contributed by atoms with Crippen molar-refractivity contribution in [2.24, 2.45) is 0 Å². The smallest absolute Gasteiger partial charge is 0.163 e. The average Bonchev–Trinajstić information content (AvgIpc) is 2.65. The van der Waals surface area contributed by atoms with Crippen LogP contribution in [0.2, 0.25) is 0 Å². The Labute approximate surface area is 90.9 Å². The number of phenolic OH excluding ortho intramolecular Hbond substituents is 2. The van der Waals surface area contributed by atoms with Gasteiger partial charge in [-0.3, -0.25) is 0 Å². The van der Waals surface area contributed by atoms with E-state index >= 15 is 0 Å². The molecule has 0 saturated carbocycles. The standard InChI is InChI=1S/C10H12BrNO2/c11-6-3-4-8(13)10(14)9(6)7-2-1-5-12-7/h3-4,7,12-14H,1-2,5H2. The normalized spacial score (nSPS) is 21.4. The van der Waals surface area contributed by atoms with Crippen molar-refractivity contribution >= 4 is 15.9 Å². The van der Waals surface area contributed by atoms with Crippen molar-refractivity contribution in [3.63, 3.8) is 0 Å². The van der Waals surface area contributed by atoms with Crippen molar-refractivity contribution in [3.05, 3.63) is 22.2 Å². The van der Waals surface area contributed by atoms with E-state index in [-0.39, 0.29) is 17.5 Å². The maximum atomic E-state index is 9.72. The number of hydrogen-bond acceptors (Lipinski definition) is 3. The van der Waals surface area contributed by atoms with Crippen molar-refractivity contribution in [1.82, 2.24) is 5.32 Å². The Balaban J connectivity index is 2.44. The molecule has 0 bridgehead atoms. The molecule has 0 aromatic heterocycles. The summed E-state index contributed by atoms with van der Waals surface area (Å²) in [5.74, 6) is -0.0734. The summed E-state index contributed by atoms with van der Waals surface area (Å²) >= 11 is 3.38. The highest BCUT2D eigenvalue weighted by molar-refractivity contribution is 9.10. The lowest BCUT2D eigenvalue weighted by Gasteiger charge is -2.15. The molecule has 4 heteroatoms. The second-order valence-corrected chi connectivity index (χ2v) is 4.33. The molecule has 0 aliphatic carbocycles. The number of benzene rings is 1. The quantitative estimate of drug-likeness (QED) is 0.677. The first-order valence-electron chi connectivity index (χ1n) is 4.64. The highest BCUT2D eigenvalue weighted by Crippen LogP contribution is 2.40. The van der Waals surface area contributed by atoms with Crippen LogP contribution in [0.5, 0.6) is 11.5 Å². The number of hydrogen-bond donors (Lipinski definition) is 3. The van der Waals surface area contributed by atoms with Gasteiger partial charge in [-0.1, -0.05) is 15.9 Å². The fourth-order valence-electron chi connectivity index (χ4n) is 1.83. The van der Waals surface area contributed by atoms with Gasteiger partial charge in [0.25, 0.3) is 0 Å². The zero-order valence-corrected chi connectivity index (χ0v) is 9.21. The van der Waals surface area contributed by atoms with Crippen LogP contribution in [-0.4, -0.2) is 16.8 Å². The van der Waals surface area contributed by atoms with Gasteiger partial charge in [-0.25, -0.2) is 0 Å². The van der Waals surface area contributed by atoms with E-state index in [4.69, 9.17) is 0 Å². The summed E-state index contributed by atoms with van der Waals surface area (Å²) in [6, 6.07) is 3.39. The molecule has 0 amide bonds. The van der Waals surface area contributed by atoms with Gasteiger partial charge in [0, 0.05) is 16.1 Å². The number of aromatic hydroxyl groups is 2. The van der Waals surface area contributed by atoms with Crippen LogP contribution in [0.4, 0.5) is 0 Å². The number of rotatable bonds is 1. The van der Waals surface area contributed by atoms with Crippen LogP contribution in [0, 0.1) is 0 Å². The molecule has 1 aromatic carbocycles. The summed E-state index contributed by atoms with van der Waals surface area (Å²) in [4.78, 5) is 0. The van der Waals surface area contributed by atoms with Gasteiger partial charge in [0.15, 0.2) is 11.5 Å². The molecule has 0 radical (unpaired) electrons. The second kappa shape index (κ2) is 3.79. The Morgan fingerprint density at radius 3 is 2.79 bits per heavy atom. The van der Waals surface area contributed by atoms with E-state index < -0.39 is 0 Å². The van der Waals surface area contributed by atoms with Crippen LogP contribution in [0.15, 0.2) is 16.6 Å². The zero-order chi connectivity index (χ0) is 10.1. The highest BCUT2D eigenvalue weighted by atomic mass is 79.9. The van der Waals surface area contributed by atoms with Crippen molar-refractivity contribution in [1.29, 1.82) is 0 Å². The van der Waals surface area contributed by atoms with Crippen LogP contribution >= 0.6 is 15.9 Å². The Morgan fingerprint density at radius 2 is 2.14 bits per heavy atom. The van der Waals surface area contributed by atoms with E-state index in [1.54, 1.807) is 6.07 Å². The van der Waals surface area contributed by atoms with Crippen LogP contribution in [-0.2, 0) is 0 Å². The molecule has 1 aliphatic heterocycles. The maximum Gasteiger partial charge on any atom is 0.163 e. The molecule has 76 valence electrons. The van der Waals surface area contributed by atoms with E-state index in [2.05, 4.69) is 21.2 Å². The molecule has 1 aromatic rings. The van der Waals surface area contributed by atoms with Gasteiger partial charge in [0.2, 0.25) is 0 Å².